The highest BCUT2D eigenvalue weighted by atomic mass is 16.5. The van der Waals surface area contributed by atoms with E-state index in [1.54, 1.807) is 0 Å². The minimum atomic E-state index is -0.0858. The molecule has 1 heterocycles. The molecule has 25 heavy (non-hydrogen) atoms. The fraction of sp³-hybridized carbons (Fsp3) is 0.286. The molecule has 1 amide bonds. The SMILES string of the molecule is Cc1ccccc1OCC(=O)NCCCn1c(C)cc2ccccc21. The standard InChI is InChI=1S/C21H24N2O2/c1-16-8-3-6-11-20(16)25-15-21(24)22-12-7-13-23-17(2)14-18-9-4-5-10-19(18)23/h3-6,8-11,14H,7,12-13,15H2,1-2H3,(H,22,24). The lowest BCUT2D eigenvalue weighted by atomic mass is 10.2. The third-order valence-corrected chi connectivity index (χ3v) is 4.35. The molecule has 130 valence electrons. The summed E-state index contributed by atoms with van der Waals surface area (Å²) in [6.07, 6.45) is 0.885. The van der Waals surface area contributed by atoms with Gasteiger partial charge in [-0.05, 0) is 49.4 Å². The van der Waals surface area contributed by atoms with Crippen LogP contribution < -0.4 is 10.1 Å². The van der Waals surface area contributed by atoms with Gasteiger partial charge in [-0.2, -0.15) is 0 Å². The monoisotopic (exact) mass is 336 g/mol. The first kappa shape index (κ1) is 17.1. The molecule has 0 bridgehead atoms. The lowest BCUT2D eigenvalue weighted by molar-refractivity contribution is -0.123. The van der Waals surface area contributed by atoms with E-state index < -0.39 is 0 Å². The number of nitrogens with zero attached hydrogens (tertiary/aromatic N) is 1. The number of benzene rings is 2. The van der Waals surface area contributed by atoms with Crippen molar-refractivity contribution in [3.05, 3.63) is 65.9 Å². The van der Waals surface area contributed by atoms with Crippen LogP contribution in [0, 0.1) is 13.8 Å². The number of nitrogens with one attached hydrogen (secondary N) is 1. The van der Waals surface area contributed by atoms with Gasteiger partial charge < -0.3 is 14.6 Å². The van der Waals surface area contributed by atoms with Crippen LogP contribution in [0.1, 0.15) is 17.7 Å². The molecule has 0 aliphatic heterocycles. The molecule has 0 saturated carbocycles. The number of aromatic nitrogens is 1. The molecule has 0 fully saturated rings. The van der Waals surface area contributed by atoms with Crippen molar-refractivity contribution >= 4 is 16.8 Å². The van der Waals surface area contributed by atoms with Crippen LogP contribution in [-0.2, 0) is 11.3 Å². The number of carbonyl (C=O) groups is 1. The minimum absolute atomic E-state index is 0.0519. The molecule has 2 aromatic carbocycles. The van der Waals surface area contributed by atoms with E-state index in [9.17, 15) is 4.79 Å². The van der Waals surface area contributed by atoms with Gasteiger partial charge in [0.1, 0.15) is 5.75 Å². The van der Waals surface area contributed by atoms with Gasteiger partial charge in [0.05, 0.1) is 0 Å². The molecule has 3 aromatic rings. The first-order chi connectivity index (χ1) is 12.1. The Labute approximate surface area is 148 Å². The Morgan fingerprint density at radius 1 is 1.08 bits per heavy atom. The Hall–Kier alpha value is -2.75. The summed E-state index contributed by atoms with van der Waals surface area (Å²) in [5.74, 6) is 0.671. The van der Waals surface area contributed by atoms with Gasteiger partial charge in [-0.3, -0.25) is 4.79 Å². The maximum atomic E-state index is 11.9. The number of hydrogen-bond acceptors (Lipinski definition) is 2. The number of carbonyl (C=O) groups excluding carboxylic acids is 1. The van der Waals surface area contributed by atoms with E-state index in [0.29, 0.717) is 6.54 Å². The second-order valence-corrected chi connectivity index (χ2v) is 6.25. The lowest BCUT2D eigenvalue weighted by Gasteiger charge is -2.11. The van der Waals surface area contributed by atoms with E-state index in [1.165, 1.54) is 16.6 Å². The second-order valence-electron chi connectivity index (χ2n) is 6.25. The van der Waals surface area contributed by atoms with Crippen LogP contribution in [0.5, 0.6) is 5.75 Å². The summed E-state index contributed by atoms with van der Waals surface area (Å²) in [5, 5.41) is 4.18. The van der Waals surface area contributed by atoms with Crippen LogP contribution in [0.3, 0.4) is 0 Å². The molecule has 0 radical (unpaired) electrons. The summed E-state index contributed by atoms with van der Waals surface area (Å²) >= 11 is 0. The van der Waals surface area contributed by atoms with Crippen LogP contribution in [0.2, 0.25) is 0 Å². The fourth-order valence-electron chi connectivity index (χ4n) is 3.02. The Kier molecular flexibility index (Phi) is 5.39. The highest BCUT2D eigenvalue weighted by Crippen LogP contribution is 2.19. The maximum absolute atomic E-state index is 11.9. The normalized spacial score (nSPS) is 10.8. The van der Waals surface area contributed by atoms with Gasteiger partial charge in [-0.1, -0.05) is 36.4 Å². The molecular weight excluding hydrogens is 312 g/mol. The molecule has 0 spiro atoms. The zero-order valence-electron chi connectivity index (χ0n) is 14.8. The highest BCUT2D eigenvalue weighted by molar-refractivity contribution is 5.81. The van der Waals surface area contributed by atoms with Gasteiger partial charge >= 0.3 is 0 Å². The predicted octanol–water partition coefficient (Wildman–Crippen LogP) is 3.84. The summed E-state index contributed by atoms with van der Waals surface area (Å²) in [6.45, 7) is 5.67. The number of amides is 1. The Bertz CT molecular complexity index is 867. The van der Waals surface area contributed by atoms with Gasteiger partial charge in [0.15, 0.2) is 6.61 Å². The zero-order valence-corrected chi connectivity index (χ0v) is 14.8. The van der Waals surface area contributed by atoms with Crippen molar-refractivity contribution in [2.24, 2.45) is 0 Å². The van der Waals surface area contributed by atoms with Crippen molar-refractivity contribution in [1.82, 2.24) is 9.88 Å². The molecular formula is C21H24N2O2. The average Bonchev–Trinajstić information content (AvgIpc) is 2.93. The fourth-order valence-corrected chi connectivity index (χ4v) is 3.02. The number of rotatable bonds is 7. The van der Waals surface area contributed by atoms with Gasteiger partial charge in [0.2, 0.25) is 0 Å². The molecule has 0 saturated heterocycles. The van der Waals surface area contributed by atoms with Crippen molar-refractivity contribution in [2.75, 3.05) is 13.2 Å². The van der Waals surface area contributed by atoms with Gasteiger partial charge in [-0.25, -0.2) is 0 Å². The van der Waals surface area contributed by atoms with Gasteiger partial charge in [0.25, 0.3) is 5.91 Å². The van der Waals surface area contributed by atoms with Crippen molar-refractivity contribution in [1.29, 1.82) is 0 Å². The first-order valence-corrected chi connectivity index (χ1v) is 8.65. The van der Waals surface area contributed by atoms with E-state index in [1.807, 2.05) is 31.2 Å². The van der Waals surface area contributed by atoms with Crippen molar-refractivity contribution in [3.8, 4) is 5.75 Å². The number of aryl methyl sites for hydroxylation is 3. The van der Waals surface area contributed by atoms with E-state index in [4.69, 9.17) is 4.74 Å². The van der Waals surface area contributed by atoms with E-state index in [2.05, 4.69) is 47.1 Å². The molecule has 0 unspecified atom stereocenters. The van der Waals surface area contributed by atoms with E-state index in [-0.39, 0.29) is 12.5 Å². The summed E-state index contributed by atoms with van der Waals surface area (Å²) in [4.78, 5) is 11.9. The molecule has 4 nitrogen and oxygen atoms in total. The number of para-hydroxylation sites is 2. The van der Waals surface area contributed by atoms with Crippen LogP contribution in [-0.4, -0.2) is 23.6 Å². The van der Waals surface area contributed by atoms with Crippen molar-refractivity contribution in [3.63, 3.8) is 0 Å². The predicted molar refractivity (Wildman–Crippen MR) is 101 cm³/mol. The van der Waals surface area contributed by atoms with Gasteiger partial charge in [0, 0.05) is 24.3 Å². The average molecular weight is 336 g/mol. The van der Waals surface area contributed by atoms with Crippen LogP contribution >= 0.6 is 0 Å². The largest absolute Gasteiger partial charge is 0.484 e. The first-order valence-electron chi connectivity index (χ1n) is 8.65. The van der Waals surface area contributed by atoms with E-state index >= 15 is 0 Å². The molecule has 0 aliphatic rings. The van der Waals surface area contributed by atoms with Crippen LogP contribution in [0.4, 0.5) is 0 Å². The van der Waals surface area contributed by atoms with Gasteiger partial charge in [-0.15, -0.1) is 0 Å². The zero-order chi connectivity index (χ0) is 17.6. The molecule has 1 N–H and O–H groups in total. The minimum Gasteiger partial charge on any atom is -0.484 e. The summed E-state index contributed by atoms with van der Waals surface area (Å²) < 4.78 is 7.86. The molecule has 4 heteroatoms. The Morgan fingerprint density at radius 3 is 2.68 bits per heavy atom. The van der Waals surface area contributed by atoms with Crippen molar-refractivity contribution < 1.29 is 9.53 Å². The quantitative estimate of drug-likeness (QED) is 0.666. The van der Waals surface area contributed by atoms with Crippen molar-refractivity contribution in [2.45, 2.75) is 26.8 Å². The van der Waals surface area contributed by atoms with Crippen LogP contribution in [0.15, 0.2) is 54.6 Å². The number of fused-ring (bicyclic) bond motifs is 1. The molecule has 1 aromatic heterocycles. The lowest BCUT2D eigenvalue weighted by Crippen LogP contribution is -2.30. The van der Waals surface area contributed by atoms with E-state index in [0.717, 1.165) is 24.3 Å². The Morgan fingerprint density at radius 2 is 1.84 bits per heavy atom. The number of hydrogen-bond donors (Lipinski definition) is 1. The smallest absolute Gasteiger partial charge is 0.257 e. The number of ether oxygens (including phenoxy) is 1. The molecule has 3 rings (SSSR count). The summed E-state index contributed by atoms with van der Waals surface area (Å²) in [6, 6.07) is 18.3. The topological polar surface area (TPSA) is 43.3 Å². The Balaban J connectivity index is 1.44. The molecule has 0 aliphatic carbocycles. The summed E-state index contributed by atoms with van der Waals surface area (Å²) in [7, 11) is 0. The van der Waals surface area contributed by atoms with Crippen LogP contribution in [0.25, 0.3) is 10.9 Å². The third kappa shape index (κ3) is 4.21. The molecule has 0 atom stereocenters. The highest BCUT2D eigenvalue weighted by Gasteiger charge is 2.06. The maximum Gasteiger partial charge on any atom is 0.257 e. The summed E-state index contributed by atoms with van der Waals surface area (Å²) in [5.41, 5.74) is 3.52. The third-order valence-electron chi connectivity index (χ3n) is 4.35. The second kappa shape index (κ2) is 7.88.